The van der Waals surface area contributed by atoms with Crippen molar-refractivity contribution in [1.82, 2.24) is 0 Å². The van der Waals surface area contributed by atoms with E-state index in [0.29, 0.717) is 21.4 Å². The summed E-state index contributed by atoms with van der Waals surface area (Å²) < 4.78 is 5.09. The Morgan fingerprint density at radius 1 is 1.38 bits per heavy atom. The van der Waals surface area contributed by atoms with E-state index in [-0.39, 0.29) is 33.0 Å². The minimum absolute atomic E-state index is 0. The zero-order chi connectivity index (χ0) is 11.4. The van der Waals surface area contributed by atoms with E-state index in [9.17, 15) is 4.79 Å². The molecule has 0 N–H and O–H groups in total. The van der Waals surface area contributed by atoms with E-state index in [1.807, 2.05) is 6.92 Å². The van der Waals surface area contributed by atoms with E-state index >= 15 is 0 Å². The largest absolute Gasteiger partial charge is 0.494 e. The van der Waals surface area contributed by atoms with Gasteiger partial charge in [-0.3, -0.25) is 4.79 Å². The van der Waals surface area contributed by atoms with Crippen molar-refractivity contribution in [3.8, 4) is 5.75 Å². The minimum Gasteiger partial charge on any atom is -0.494 e. The topological polar surface area (TPSA) is 26.3 Å². The van der Waals surface area contributed by atoms with Crippen LogP contribution in [0.15, 0.2) is 12.1 Å². The molecule has 0 bridgehead atoms. The normalized spacial score (nSPS) is 10.2. The molecule has 0 heterocycles. The number of methoxy groups -OCH3 is 1. The zero-order valence-electron chi connectivity index (χ0n) is 9.43. The van der Waals surface area contributed by atoms with Crippen LogP contribution in [0.25, 0.3) is 0 Å². The maximum Gasteiger partial charge on any atom is 0.186 e. The molecule has 0 aliphatic rings. The fourth-order valence-corrected chi connectivity index (χ4v) is 2.49. The number of ether oxygens (including phenoxy) is 1. The van der Waals surface area contributed by atoms with Gasteiger partial charge in [0.15, 0.2) is 5.52 Å². The van der Waals surface area contributed by atoms with Gasteiger partial charge >= 0.3 is 0 Å². The van der Waals surface area contributed by atoms with E-state index in [1.165, 1.54) is 7.11 Å². The fourth-order valence-electron chi connectivity index (χ4n) is 1.19. The number of halogens is 2. The molecule has 0 saturated heterocycles. The Balaban J connectivity index is 0.00000225. The van der Waals surface area contributed by atoms with Gasteiger partial charge in [-0.1, -0.05) is 30.1 Å². The van der Waals surface area contributed by atoms with Crippen molar-refractivity contribution in [3.63, 3.8) is 0 Å². The smallest absolute Gasteiger partial charge is 0.186 e. The molecule has 0 fully saturated rings. The first-order valence-electron chi connectivity index (χ1n) is 4.42. The predicted molar refractivity (Wildman–Crippen MR) is 72.0 cm³/mol. The van der Waals surface area contributed by atoms with Crippen molar-refractivity contribution in [1.29, 1.82) is 0 Å². The van der Waals surface area contributed by atoms with Crippen LogP contribution in [0.4, 0.5) is 0 Å². The molecule has 2 nitrogen and oxygen atoms in total. The first-order chi connectivity index (χ1) is 7.11. The predicted octanol–water partition coefficient (Wildman–Crippen LogP) is 3.46. The molecule has 0 aliphatic carbocycles. The van der Waals surface area contributed by atoms with Gasteiger partial charge in [-0.15, -0.1) is 0 Å². The quantitative estimate of drug-likeness (QED) is 0.619. The first-order valence-corrected chi connectivity index (χ1v) is 6.38. The van der Waals surface area contributed by atoms with Crippen molar-refractivity contribution in [3.05, 3.63) is 27.7 Å². The van der Waals surface area contributed by atoms with Crippen molar-refractivity contribution < 1.29 is 9.53 Å². The second-order valence-electron chi connectivity index (χ2n) is 2.80. The summed E-state index contributed by atoms with van der Waals surface area (Å²) in [6, 6.07) is 3.23. The monoisotopic (exact) mass is 271 g/mol. The Labute approximate surface area is 119 Å². The molecule has 1 unspecified atom stereocenters. The molecule has 0 aromatic heterocycles. The maximum absolute atomic E-state index is 11.8. The molecule has 0 saturated carbocycles. The molecule has 6 heteroatoms. The van der Waals surface area contributed by atoms with Crippen molar-refractivity contribution in [2.24, 2.45) is 0 Å². The second-order valence-corrected chi connectivity index (χ2v) is 5.13. The molecule has 0 spiro atoms. The molecular weight excluding hydrogens is 261 g/mol. The number of hydrogen-bond acceptors (Lipinski definition) is 2. The van der Waals surface area contributed by atoms with Crippen molar-refractivity contribution >= 4 is 56.2 Å². The van der Waals surface area contributed by atoms with Crippen LogP contribution in [-0.4, -0.2) is 37.7 Å². The summed E-state index contributed by atoms with van der Waals surface area (Å²) in [5, 5.41) is 0.799. The fraction of sp³-hybridized carbons (Fsp3) is 0.300. The van der Waals surface area contributed by atoms with Gasteiger partial charge in [0.25, 0.3) is 0 Å². The summed E-state index contributed by atoms with van der Waals surface area (Å²) in [6.07, 6.45) is 0.796. The Hall–Kier alpha value is 0.297. The summed E-state index contributed by atoms with van der Waals surface area (Å²) >= 11 is 11.9. The van der Waals surface area contributed by atoms with E-state index < -0.39 is 0 Å². The first kappa shape index (κ1) is 16.3. The van der Waals surface area contributed by atoms with E-state index in [4.69, 9.17) is 27.9 Å². The molecule has 1 atom stereocenters. The van der Waals surface area contributed by atoms with Gasteiger partial charge in [0, 0.05) is 18.9 Å². The molecule has 83 valence electrons. The number of benzene rings is 1. The molecule has 1 radical (unpaired) electrons. The molecule has 1 rings (SSSR count). The number of hydrogen-bond donors (Lipinski definition) is 0. The third-order valence-electron chi connectivity index (χ3n) is 1.83. The maximum atomic E-state index is 11.8. The summed E-state index contributed by atoms with van der Waals surface area (Å²) in [7, 11) is 1.67. The standard InChI is InChI=1S/C10H11Cl2O2P.Li/c1-3-15-10(13)8-6(11)4-5-7(12)9(8)14-2;/h4-5,15H,3H2,1-2H3;. The van der Waals surface area contributed by atoms with Crippen LogP contribution in [0.2, 0.25) is 10.0 Å². The minimum atomic E-state index is -0.0122. The van der Waals surface area contributed by atoms with Gasteiger partial charge in [0.05, 0.1) is 22.7 Å². The Morgan fingerprint density at radius 2 is 1.94 bits per heavy atom. The third kappa shape index (κ3) is 3.66. The average molecular weight is 272 g/mol. The molecule has 1 aromatic carbocycles. The van der Waals surface area contributed by atoms with E-state index in [0.717, 1.165) is 6.16 Å². The van der Waals surface area contributed by atoms with Gasteiger partial charge < -0.3 is 4.74 Å². The van der Waals surface area contributed by atoms with Crippen LogP contribution >= 0.6 is 31.8 Å². The van der Waals surface area contributed by atoms with Crippen LogP contribution < -0.4 is 4.74 Å². The van der Waals surface area contributed by atoms with Crippen LogP contribution in [0.1, 0.15) is 17.3 Å². The van der Waals surface area contributed by atoms with E-state index in [2.05, 4.69) is 0 Å². The second kappa shape index (κ2) is 7.59. The number of carbonyl (C=O) groups excluding carboxylic acids is 1. The Morgan fingerprint density at radius 3 is 2.44 bits per heavy atom. The van der Waals surface area contributed by atoms with Crippen LogP contribution in [-0.2, 0) is 0 Å². The molecular formula is C10H11Cl2LiO2P. The molecule has 1 aromatic rings. The SMILES string of the molecule is CCPC(=O)c1c(Cl)ccc(Cl)c1OC.[Li]. The van der Waals surface area contributed by atoms with Gasteiger partial charge in [-0.05, 0) is 26.9 Å². The number of carbonyl (C=O) groups is 1. The third-order valence-corrected chi connectivity index (χ3v) is 3.36. The van der Waals surface area contributed by atoms with Gasteiger partial charge in [-0.2, -0.15) is 0 Å². The average Bonchev–Trinajstić information content (AvgIpc) is 2.21. The zero-order valence-corrected chi connectivity index (χ0v) is 11.9. The van der Waals surface area contributed by atoms with Crippen molar-refractivity contribution in [2.45, 2.75) is 6.92 Å². The Kier molecular flexibility index (Phi) is 7.73. The van der Waals surface area contributed by atoms with Crippen LogP contribution in [0.3, 0.4) is 0 Å². The van der Waals surface area contributed by atoms with Crippen molar-refractivity contribution in [2.75, 3.05) is 13.3 Å². The number of rotatable bonds is 4. The van der Waals surface area contributed by atoms with Gasteiger partial charge in [0.2, 0.25) is 0 Å². The van der Waals surface area contributed by atoms with Gasteiger partial charge in [0.1, 0.15) is 5.75 Å². The summed E-state index contributed by atoms with van der Waals surface area (Å²) in [5.74, 6) is 0.370. The summed E-state index contributed by atoms with van der Waals surface area (Å²) in [4.78, 5) is 11.8. The van der Waals surface area contributed by atoms with E-state index in [1.54, 1.807) is 12.1 Å². The van der Waals surface area contributed by atoms with Crippen LogP contribution in [0.5, 0.6) is 5.75 Å². The summed E-state index contributed by atoms with van der Waals surface area (Å²) in [6.45, 7) is 1.95. The molecule has 16 heavy (non-hydrogen) atoms. The molecule has 0 aliphatic heterocycles. The van der Waals surface area contributed by atoms with Crippen LogP contribution in [0, 0.1) is 0 Å². The summed E-state index contributed by atoms with van der Waals surface area (Å²) in [5.41, 5.74) is 0.383. The van der Waals surface area contributed by atoms with Gasteiger partial charge in [-0.25, -0.2) is 0 Å². The Bertz CT molecular complexity index is 385. The molecule has 0 amide bonds.